The number of hydrogen-bond acceptors (Lipinski definition) is 11. The van der Waals surface area contributed by atoms with Gasteiger partial charge in [-0.1, -0.05) is 226 Å². The molecule has 0 bridgehead atoms. The fourth-order valence-electron chi connectivity index (χ4n) is 8.89. The molecule has 0 spiro atoms. The Balaban J connectivity index is 2.69. The molecule has 6 unspecified atom stereocenters. The number of esters is 3. The van der Waals surface area contributed by atoms with Crippen molar-refractivity contribution < 1.29 is 58.2 Å². The molecule has 6 atom stereocenters. The van der Waals surface area contributed by atoms with Crippen LogP contribution in [0.15, 0.2) is 12.2 Å². The number of aliphatic carboxylic acids is 1. The molecule has 1 heterocycles. The number of carbonyl (C=O) groups is 4. The number of rotatable bonds is 49. The number of allylic oxidation sites excluding steroid dienone is 2. The number of carboxylic acids is 1. The molecule has 0 aliphatic carbocycles. The monoisotopic (exact) mass is 981 g/mol. The zero-order valence-corrected chi connectivity index (χ0v) is 44.3. The van der Waals surface area contributed by atoms with Crippen LogP contribution in [0, 0.1) is 0 Å². The highest BCUT2D eigenvalue weighted by atomic mass is 16.7. The maximum Gasteiger partial charge on any atom is 0.335 e. The summed E-state index contributed by atoms with van der Waals surface area (Å²) in [5, 5.41) is 31.4. The Labute approximate surface area is 420 Å². The minimum Gasteiger partial charge on any atom is -0.479 e. The summed E-state index contributed by atoms with van der Waals surface area (Å²) in [6.45, 7) is 5.98. The first-order chi connectivity index (χ1) is 33.6. The molecule has 404 valence electrons. The van der Waals surface area contributed by atoms with E-state index in [1.165, 1.54) is 141 Å². The summed E-state index contributed by atoms with van der Waals surface area (Å²) >= 11 is 0. The van der Waals surface area contributed by atoms with E-state index in [1.807, 2.05) is 0 Å². The van der Waals surface area contributed by atoms with Crippen LogP contribution in [0.1, 0.15) is 278 Å². The van der Waals surface area contributed by atoms with Gasteiger partial charge >= 0.3 is 23.9 Å². The predicted octanol–water partition coefficient (Wildman–Crippen LogP) is 14.1. The zero-order chi connectivity index (χ0) is 50.4. The topological polar surface area (TPSA) is 175 Å². The van der Waals surface area contributed by atoms with E-state index in [0.29, 0.717) is 19.3 Å². The number of ether oxygens (including phenoxy) is 5. The van der Waals surface area contributed by atoms with Gasteiger partial charge in [-0.05, 0) is 44.9 Å². The molecule has 0 amide bonds. The van der Waals surface area contributed by atoms with Crippen LogP contribution in [-0.4, -0.2) is 89.2 Å². The highest BCUT2D eigenvalue weighted by molar-refractivity contribution is 5.74. The van der Waals surface area contributed by atoms with Gasteiger partial charge in [0.2, 0.25) is 0 Å². The van der Waals surface area contributed by atoms with E-state index in [-0.39, 0.29) is 25.9 Å². The summed E-state index contributed by atoms with van der Waals surface area (Å²) in [4.78, 5) is 50.9. The van der Waals surface area contributed by atoms with Crippen molar-refractivity contribution >= 4 is 23.9 Å². The molecule has 1 fully saturated rings. The number of aliphatic hydroxyl groups is 2. The lowest BCUT2D eigenvalue weighted by atomic mass is 9.98. The number of hydrogen-bond donors (Lipinski definition) is 3. The molecule has 3 N–H and O–H groups in total. The van der Waals surface area contributed by atoms with Crippen LogP contribution < -0.4 is 0 Å². The highest BCUT2D eigenvalue weighted by Crippen LogP contribution is 2.26. The molecular formula is C57H104O12. The molecule has 12 heteroatoms. The normalized spacial score (nSPS) is 18.7. The molecule has 0 saturated carbocycles. The minimum absolute atomic E-state index is 0.0676. The van der Waals surface area contributed by atoms with Gasteiger partial charge in [0.25, 0.3) is 0 Å². The summed E-state index contributed by atoms with van der Waals surface area (Å²) in [7, 11) is 0. The Morgan fingerprint density at radius 1 is 0.464 bits per heavy atom. The lowest BCUT2D eigenvalue weighted by Crippen LogP contribution is -2.61. The summed E-state index contributed by atoms with van der Waals surface area (Å²) in [5.41, 5.74) is 0. The average Bonchev–Trinajstić information content (AvgIpc) is 3.33. The Morgan fingerprint density at radius 2 is 0.826 bits per heavy atom. The van der Waals surface area contributed by atoms with Crippen LogP contribution in [0.4, 0.5) is 0 Å². The van der Waals surface area contributed by atoms with Crippen molar-refractivity contribution in [3.63, 3.8) is 0 Å². The van der Waals surface area contributed by atoms with Gasteiger partial charge < -0.3 is 39.0 Å². The van der Waals surface area contributed by atoms with E-state index >= 15 is 0 Å². The van der Waals surface area contributed by atoms with Gasteiger partial charge in [0.05, 0.1) is 6.61 Å². The Kier molecular flexibility index (Phi) is 43.5. The molecule has 1 rings (SSSR count). The second-order valence-electron chi connectivity index (χ2n) is 19.9. The van der Waals surface area contributed by atoms with Crippen LogP contribution in [0.2, 0.25) is 0 Å². The van der Waals surface area contributed by atoms with Crippen LogP contribution in [-0.2, 0) is 42.9 Å². The highest BCUT2D eigenvalue weighted by Gasteiger charge is 2.50. The van der Waals surface area contributed by atoms with Crippen molar-refractivity contribution in [1.82, 2.24) is 0 Å². The summed E-state index contributed by atoms with van der Waals surface area (Å²) in [6, 6.07) is 0. The molecule has 1 aliphatic rings. The van der Waals surface area contributed by atoms with E-state index < -0.39 is 67.3 Å². The second-order valence-corrected chi connectivity index (χ2v) is 19.9. The van der Waals surface area contributed by atoms with Gasteiger partial charge in [-0.2, -0.15) is 0 Å². The van der Waals surface area contributed by atoms with Crippen LogP contribution in [0.3, 0.4) is 0 Å². The van der Waals surface area contributed by atoms with E-state index in [2.05, 4.69) is 32.9 Å². The minimum atomic E-state index is -1.89. The lowest BCUT2D eigenvalue weighted by molar-refractivity contribution is -0.301. The third-order valence-electron chi connectivity index (χ3n) is 13.3. The molecule has 0 radical (unpaired) electrons. The average molecular weight is 981 g/mol. The smallest absolute Gasteiger partial charge is 0.335 e. The van der Waals surface area contributed by atoms with Crippen LogP contribution in [0.5, 0.6) is 0 Å². The lowest BCUT2D eigenvalue weighted by Gasteiger charge is -2.40. The Morgan fingerprint density at radius 3 is 1.23 bits per heavy atom. The maximum absolute atomic E-state index is 13.1. The summed E-state index contributed by atoms with van der Waals surface area (Å²) < 4.78 is 28.4. The van der Waals surface area contributed by atoms with E-state index in [9.17, 15) is 34.5 Å². The van der Waals surface area contributed by atoms with Crippen molar-refractivity contribution in [1.29, 1.82) is 0 Å². The summed E-state index contributed by atoms with van der Waals surface area (Å²) in [5.74, 6) is -3.10. The largest absolute Gasteiger partial charge is 0.479 e. The van der Waals surface area contributed by atoms with Crippen molar-refractivity contribution in [3.05, 3.63) is 12.2 Å². The van der Waals surface area contributed by atoms with Gasteiger partial charge in [-0.3, -0.25) is 14.4 Å². The summed E-state index contributed by atoms with van der Waals surface area (Å²) in [6.07, 6.45) is 37.6. The first kappa shape index (κ1) is 64.5. The van der Waals surface area contributed by atoms with E-state index in [0.717, 1.165) is 77.0 Å². The van der Waals surface area contributed by atoms with E-state index in [4.69, 9.17) is 23.7 Å². The number of carboxylic acid groups (broad SMARTS) is 1. The third-order valence-corrected chi connectivity index (χ3v) is 13.3. The standard InChI is InChI=1S/C57H104O12/c1-4-7-10-13-16-19-22-24-25-27-29-31-34-37-40-43-49(58)65-46-48(67-50(59)44-41-38-35-32-28-21-18-15-12-9-6-3)47-66-57-55(53(62)52(61)54(69-57)56(63)64)68-51(60)45-42-39-36-33-30-26-23-20-17-14-11-8-5-2/h24-25,48,52-55,57,61-62H,4-23,26-47H2,1-3H3,(H,63,64)/b25-24-. The second kappa shape index (κ2) is 46.5. The molecule has 12 nitrogen and oxygen atoms in total. The molecule has 0 aromatic rings. The fraction of sp³-hybridized carbons (Fsp3) is 0.895. The molecule has 69 heavy (non-hydrogen) atoms. The number of carbonyl (C=O) groups excluding carboxylic acids is 3. The van der Waals surface area contributed by atoms with Gasteiger partial charge in [0.1, 0.15) is 18.8 Å². The first-order valence-electron chi connectivity index (χ1n) is 28.7. The molecule has 1 saturated heterocycles. The Hall–Kier alpha value is -2.54. The third kappa shape index (κ3) is 37.0. The molecular weight excluding hydrogens is 877 g/mol. The van der Waals surface area contributed by atoms with Gasteiger partial charge in [0.15, 0.2) is 24.6 Å². The van der Waals surface area contributed by atoms with Crippen LogP contribution >= 0.6 is 0 Å². The van der Waals surface area contributed by atoms with Crippen molar-refractivity contribution in [2.75, 3.05) is 13.2 Å². The Bertz CT molecular complexity index is 1260. The zero-order valence-electron chi connectivity index (χ0n) is 44.3. The van der Waals surface area contributed by atoms with Crippen molar-refractivity contribution in [3.8, 4) is 0 Å². The number of unbranched alkanes of at least 4 members (excludes halogenated alkanes) is 33. The van der Waals surface area contributed by atoms with Crippen molar-refractivity contribution in [2.45, 2.75) is 314 Å². The number of aliphatic hydroxyl groups excluding tert-OH is 2. The molecule has 0 aromatic heterocycles. The fourth-order valence-corrected chi connectivity index (χ4v) is 8.89. The van der Waals surface area contributed by atoms with Gasteiger partial charge in [0, 0.05) is 19.3 Å². The van der Waals surface area contributed by atoms with Gasteiger partial charge in [-0.15, -0.1) is 0 Å². The SMILES string of the molecule is CCCCCCCC/C=C\CCCCCCCC(=O)OCC(COC1OC(C(=O)O)C(O)C(O)C1OC(=O)CCCCCCCCCCCCCCC)OC(=O)CCCCCCCCCCCCC. The van der Waals surface area contributed by atoms with Crippen LogP contribution in [0.25, 0.3) is 0 Å². The molecule has 1 aliphatic heterocycles. The molecule has 0 aromatic carbocycles. The van der Waals surface area contributed by atoms with Crippen molar-refractivity contribution in [2.24, 2.45) is 0 Å². The van der Waals surface area contributed by atoms with Gasteiger partial charge in [-0.25, -0.2) is 4.79 Å². The van der Waals surface area contributed by atoms with E-state index in [1.54, 1.807) is 0 Å². The first-order valence-corrected chi connectivity index (χ1v) is 28.7. The maximum atomic E-state index is 13.1. The quantitative estimate of drug-likeness (QED) is 0.0228. The predicted molar refractivity (Wildman–Crippen MR) is 276 cm³/mol.